The molecule has 0 saturated carbocycles. The molecule has 0 bridgehead atoms. The second kappa shape index (κ2) is 8.32. The Kier molecular flexibility index (Phi) is 7.81. The zero-order chi connectivity index (χ0) is 17.7. The molecular weight excluding hydrogens is 280 g/mol. The van der Waals surface area contributed by atoms with E-state index in [1.165, 1.54) is 0 Å². The summed E-state index contributed by atoms with van der Waals surface area (Å²) >= 11 is 0. The molecule has 0 rings (SSSR count). The maximum Gasteiger partial charge on any atom is 0.333 e. The van der Waals surface area contributed by atoms with Gasteiger partial charge in [0.1, 0.15) is 0 Å². The lowest BCUT2D eigenvalue weighted by Gasteiger charge is -2.35. The molecule has 22 heavy (non-hydrogen) atoms. The molecule has 0 fully saturated rings. The quantitative estimate of drug-likeness (QED) is 0.603. The van der Waals surface area contributed by atoms with Crippen LogP contribution >= 0.6 is 0 Å². The minimum Gasteiger partial charge on any atom is -0.463 e. The topological polar surface area (TPSA) is 72.6 Å². The third-order valence-electron chi connectivity index (χ3n) is 3.70. The average Bonchev–Trinajstić information content (AvgIpc) is 2.40. The van der Waals surface area contributed by atoms with Gasteiger partial charge in [0.05, 0.1) is 18.7 Å². The molecule has 0 aliphatic carbocycles. The van der Waals surface area contributed by atoms with Crippen LogP contribution in [0.1, 0.15) is 48.5 Å². The summed E-state index contributed by atoms with van der Waals surface area (Å²) in [5, 5.41) is 0. The summed E-state index contributed by atoms with van der Waals surface area (Å²) in [5.74, 6) is -0.321. The van der Waals surface area contributed by atoms with Crippen molar-refractivity contribution >= 4 is 11.9 Å². The van der Waals surface area contributed by atoms with Crippen molar-refractivity contribution in [3.63, 3.8) is 0 Å². The molecule has 0 spiro atoms. The van der Waals surface area contributed by atoms with Gasteiger partial charge in [-0.15, -0.1) is 0 Å². The fraction of sp³-hybridized carbons (Fsp3) is 0.765. The molecular formula is C17H32N2O3. The van der Waals surface area contributed by atoms with Crippen LogP contribution in [0.25, 0.3) is 0 Å². The van der Waals surface area contributed by atoms with Crippen molar-refractivity contribution in [1.29, 1.82) is 0 Å². The van der Waals surface area contributed by atoms with Gasteiger partial charge in [-0.3, -0.25) is 4.79 Å². The highest BCUT2D eigenvalue weighted by atomic mass is 16.5. The Labute approximate surface area is 134 Å². The monoisotopic (exact) mass is 312 g/mol. The molecule has 0 aromatic carbocycles. The highest BCUT2D eigenvalue weighted by molar-refractivity contribution is 5.88. The first-order valence-electron chi connectivity index (χ1n) is 7.81. The second-order valence-electron chi connectivity index (χ2n) is 7.10. The Bertz CT molecular complexity index is 422. The number of amides is 1. The van der Waals surface area contributed by atoms with Crippen molar-refractivity contribution in [2.24, 2.45) is 17.1 Å². The van der Waals surface area contributed by atoms with Gasteiger partial charge in [0.15, 0.2) is 0 Å². The summed E-state index contributed by atoms with van der Waals surface area (Å²) in [7, 11) is 1.73. The number of ether oxygens (including phenoxy) is 1. The van der Waals surface area contributed by atoms with Gasteiger partial charge in [-0.1, -0.05) is 40.7 Å². The van der Waals surface area contributed by atoms with E-state index in [0.29, 0.717) is 12.2 Å². The number of esters is 1. The Morgan fingerprint density at radius 2 is 1.77 bits per heavy atom. The van der Waals surface area contributed by atoms with Gasteiger partial charge >= 0.3 is 5.97 Å². The van der Waals surface area contributed by atoms with Crippen molar-refractivity contribution in [3.05, 3.63) is 11.6 Å². The summed E-state index contributed by atoms with van der Waals surface area (Å²) in [6.07, 6.45) is 1.79. The average molecular weight is 312 g/mol. The lowest BCUT2D eigenvalue weighted by atomic mass is 9.86. The summed E-state index contributed by atoms with van der Waals surface area (Å²) in [5.41, 5.74) is 6.26. The molecule has 2 atom stereocenters. The van der Waals surface area contributed by atoms with Crippen LogP contribution in [0.2, 0.25) is 0 Å². The van der Waals surface area contributed by atoms with Crippen LogP contribution in [-0.2, 0) is 14.3 Å². The molecule has 0 saturated heterocycles. The van der Waals surface area contributed by atoms with E-state index in [0.717, 1.165) is 0 Å². The van der Waals surface area contributed by atoms with Crippen LogP contribution in [0, 0.1) is 11.3 Å². The number of nitrogens with two attached hydrogens (primary N) is 1. The van der Waals surface area contributed by atoms with Gasteiger partial charge in [0.25, 0.3) is 0 Å². The SMILES string of the molecule is CCOC(=O)C(C)=CC(C(C)C)N(C)C(=O)[C@@H](N)C(C)(C)C. The number of hydrogen-bond acceptors (Lipinski definition) is 4. The van der Waals surface area contributed by atoms with Crippen molar-refractivity contribution < 1.29 is 14.3 Å². The summed E-state index contributed by atoms with van der Waals surface area (Å²) in [6.45, 7) is 13.6. The first-order chi connectivity index (χ1) is 9.93. The molecule has 128 valence electrons. The second-order valence-corrected chi connectivity index (χ2v) is 7.10. The molecule has 1 amide bonds. The largest absolute Gasteiger partial charge is 0.463 e. The van der Waals surface area contributed by atoms with Crippen LogP contribution in [-0.4, -0.2) is 42.5 Å². The molecule has 0 aromatic rings. The minimum absolute atomic E-state index is 0.126. The highest BCUT2D eigenvalue weighted by Crippen LogP contribution is 2.22. The van der Waals surface area contributed by atoms with Crippen LogP contribution in [0.3, 0.4) is 0 Å². The molecule has 0 aromatic heterocycles. The number of hydrogen-bond donors (Lipinski definition) is 1. The molecule has 0 radical (unpaired) electrons. The van der Waals surface area contributed by atoms with E-state index < -0.39 is 6.04 Å². The predicted molar refractivity (Wildman–Crippen MR) is 89.2 cm³/mol. The summed E-state index contributed by atoms with van der Waals surface area (Å²) in [6, 6.07) is -0.791. The normalized spacial score (nSPS) is 15.5. The molecule has 5 nitrogen and oxygen atoms in total. The molecule has 0 heterocycles. The number of rotatable bonds is 6. The number of likely N-dealkylation sites (N-methyl/N-ethyl adjacent to an activating group) is 1. The third kappa shape index (κ3) is 5.79. The van der Waals surface area contributed by atoms with E-state index in [4.69, 9.17) is 10.5 Å². The van der Waals surface area contributed by atoms with Gasteiger partial charge in [-0.25, -0.2) is 4.79 Å². The Hall–Kier alpha value is -1.36. The van der Waals surface area contributed by atoms with Crippen LogP contribution in [0.15, 0.2) is 11.6 Å². The van der Waals surface area contributed by atoms with E-state index in [1.54, 1.807) is 31.9 Å². The number of nitrogens with zero attached hydrogens (tertiary/aromatic N) is 1. The van der Waals surface area contributed by atoms with Gasteiger partial charge < -0.3 is 15.4 Å². The van der Waals surface area contributed by atoms with Crippen molar-refractivity contribution in [1.82, 2.24) is 4.90 Å². The Balaban J connectivity index is 5.30. The fourth-order valence-corrected chi connectivity index (χ4v) is 2.06. The van der Waals surface area contributed by atoms with Gasteiger partial charge in [-0.05, 0) is 25.2 Å². The number of carbonyl (C=O) groups is 2. The van der Waals surface area contributed by atoms with Crippen LogP contribution in [0.5, 0.6) is 0 Å². The molecule has 0 aliphatic rings. The van der Waals surface area contributed by atoms with E-state index in [9.17, 15) is 9.59 Å². The minimum atomic E-state index is -0.588. The predicted octanol–water partition coefficient (Wildman–Crippen LogP) is 2.35. The van der Waals surface area contributed by atoms with Gasteiger partial charge in [0, 0.05) is 12.6 Å². The molecule has 1 unspecified atom stereocenters. The maximum absolute atomic E-state index is 12.6. The zero-order valence-electron chi connectivity index (χ0n) is 15.3. The van der Waals surface area contributed by atoms with E-state index in [-0.39, 0.29) is 29.3 Å². The summed E-state index contributed by atoms with van der Waals surface area (Å²) in [4.78, 5) is 26.0. The highest BCUT2D eigenvalue weighted by Gasteiger charge is 2.33. The molecule has 0 aliphatic heterocycles. The third-order valence-corrected chi connectivity index (χ3v) is 3.70. The zero-order valence-corrected chi connectivity index (χ0v) is 15.3. The Morgan fingerprint density at radius 3 is 2.14 bits per heavy atom. The van der Waals surface area contributed by atoms with E-state index in [1.807, 2.05) is 34.6 Å². The molecule has 5 heteroatoms. The van der Waals surface area contributed by atoms with Crippen molar-refractivity contribution in [2.45, 2.75) is 60.5 Å². The first-order valence-corrected chi connectivity index (χ1v) is 7.81. The lowest BCUT2D eigenvalue weighted by molar-refractivity contribution is -0.139. The first kappa shape index (κ1) is 20.6. The van der Waals surface area contributed by atoms with Gasteiger partial charge in [0.2, 0.25) is 5.91 Å². The molecule has 2 N–H and O–H groups in total. The maximum atomic E-state index is 12.6. The van der Waals surface area contributed by atoms with Crippen molar-refractivity contribution in [2.75, 3.05) is 13.7 Å². The fourth-order valence-electron chi connectivity index (χ4n) is 2.06. The lowest BCUT2D eigenvalue weighted by Crippen LogP contribution is -2.52. The van der Waals surface area contributed by atoms with Gasteiger partial charge in [-0.2, -0.15) is 0 Å². The smallest absolute Gasteiger partial charge is 0.333 e. The van der Waals surface area contributed by atoms with E-state index >= 15 is 0 Å². The van der Waals surface area contributed by atoms with E-state index in [2.05, 4.69) is 0 Å². The summed E-state index contributed by atoms with van der Waals surface area (Å²) < 4.78 is 4.99. The number of carbonyl (C=O) groups excluding carboxylic acids is 2. The van der Waals surface area contributed by atoms with Crippen molar-refractivity contribution in [3.8, 4) is 0 Å². The van der Waals surface area contributed by atoms with Crippen LogP contribution < -0.4 is 5.73 Å². The van der Waals surface area contributed by atoms with Crippen LogP contribution in [0.4, 0.5) is 0 Å². The standard InChI is InChI=1S/C17H32N2O3/c1-9-22-16(21)12(4)10-13(11(2)3)19(8)15(20)14(18)17(5,6)7/h10-11,13-14H,9,18H2,1-8H3/t13?,14-/m1/s1. The Morgan fingerprint density at radius 1 is 1.27 bits per heavy atom.